The van der Waals surface area contributed by atoms with Crippen molar-refractivity contribution in [2.24, 2.45) is 0 Å². The van der Waals surface area contributed by atoms with Crippen LogP contribution in [0, 0.1) is 5.82 Å². The summed E-state index contributed by atoms with van der Waals surface area (Å²) in [6, 6.07) is 10.5. The molecule has 3 rings (SSSR count). The number of hydrogen-bond donors (Lipinski definition) is 0. The molecule has 2 aromatic carbocycles. The molecular weight excluding hydrogens is 347 g/mol. The van der Waals surface area contributed by atoms with Crippen molar-refractivity contribution >= 4 is 44.3 Å². The lowest BCUT2D eigenvalue weighted by Gasteiger charge is -2.00. The normalized spacial score (nSPS) is 10.9. The van der Waals surface area contributed by atoms with E-state index in [2.05, 4.69) is 15.9 Å². The van der Waals surface area contributed by atoms with Crippen LogP contribution < -0.4 is 0 Å². The number of halogens is 3. The molecule has 3 aromatic rings. The lowest BCUT2D eigenvalue weighted by atomic mass is 10.1. The Bertz CT molecular complexity index is 826. The Hall–Kier alpha value is -1.65. The highest BCUT2D eigenvalue weighted by molar-refractivity contribution is 9.10. The highest BCUT2D eigenvalue weighted by Crippen LogP contribution is 2.26. The highest BCUT2D eigenvalue weighted by atomic mass is 79.9. The topological polar surface area (TPSA) is 30.2 Å². The number of fused-ring (bicyclic) bond motifs is 1. The molecule has 0 spiro atoms. The van der Waals surface area contributed by atoms with Crippen LogP contribution in [0.1, 0.15) is 16.1 Å². The van der Waals surface area contributed by atoms with E-state index in [0.717, 1.165) is 0 Å². The second-order valence-electron chi connectivity index (χ2n) is 4.25. The summed E-state index contributed by atoms with van der Waals surface area (Å²) >= 11 is 9.23. The average molecular weight is 354 g/mol. The average Bonchev–Trinajstić information content (AvgIpc) is 2.84. The molecule has 20 heavy (non-hydrogen) atoms. The minimum absolute atomic E-state index is 0.156. The third-order valence-electron chi connectivity index (χ3n) is 2.88. The number of furan rings is 1. The Morgan fingerprint density at radius 3 is 2.70 bits per heavy atom. The first-order chi connectivity index (χ1) is 9.54. The summed E-state index contributed by atoms with van der Waals surface area (Å²) in [5, 5.41) is 0.995. The number of benzene rings is 2. The van der Waals surface area contributed by atoms with Crippen LogP contribution in [0.5, 0.6) is 0 Å². The Morgan fingerprint density at radius 1 is 1.15 bits per heavy atom. The van der Waals surface area contributed by atoms with Gasteiger partial charge in [-0.25, -0.2) is 4.39 Å². The van der Waals surface area contributed by atoms with Gasteiger partial charge in [0.05, 0.1) is 5.02 Å². The maximum absolute atomic E-state index is 13.1. The fraction of sp³-hybridized carbons (Fsp3) is 0. The molecule has 0 amide bonds. The standard InChI is InChI=1S/C15H7BrClFO2/c16-11-3-1-8(6-12(11)17)15(19)14-7-9-5-10(18)2-4-13(9)20-14/h1-7H. The summed E-state index contributed by atoms with van der Waals surface area (Å²) in [6.07, 6.45) is 0. The van der Waals surface area contributed by atoms with Gasteiger partial charge < -0.3 is 4.42 Å². The summed E-state index contributed by atoms with van der Waals surface area (Å²) in [6.45, 7) is 0. The number of hydrogen-bond acceptors (Lipinski definition) is 2. The molecule has 0 radical (unpaired) electrons. The summed E-state index contributed by atoms with van der Waals surface area (Å²) in [5.74, 6) is -0.510. The van der Waals surface area contributed by atoms with Gasteiger partial charge in [0.25, 0.3) is 0 Å². The van der Waals surface area contributed by atoms with Crippen molar-refractivity contribution in [1.29, 1.82) is 0 Å². The monoisotopic (exact) mass is 352 g/mol. The molecule has 0 fully saturated rings. The lowest BCUT2D eigenvalue weighted by Crippen LogP contribution is -1.99. The maximum atomic E-state index is 13.1. The third kappa shape index (κ3) is 2.37. The smallest absolute Gasteiger partial charge is 0.228 e. The van der Waals surface area contributed by atoms with E-state index in [4.69, 9.17) is 16.0 Å². The molecule has 1 heterocycles. The molecule has 2 nitrogen and oxygen atoms in total. The molecule has 100 valence electrons. The number of ketones is 1. The van der Waals surface area contributed by atoms with Gasteiger partial charge in [0, 0.05) is 15.4 Å². The lowest BCUT2D eigenvalue weighted by molar-refractivity contribution is 0.101. The van der Waals surface area contributed by atoms with Crippen molar-refractivity contribution < 1.29 is 13.6 Å². The fourth-order valence-corrected chi connectivity index (χ4v) is 2.33. The van der Waals surface area contributed by atoms with Gasteiger partial charge in [-0.05, 0) is 58.4 Å². The van der Waals surface area contributed by atoms with E-state index in [-0.39, 0.29) is 17.4 Å². The van der Waals surface area contributed by atoms with Gasteiger partial charge in [-0.15, -0.1) is 0 Å². The SMILES string of the molecule is O=C(c1ccc(Br)c(Cl)c1)c1cc2cc(F)ccc2o1. The fourth-order valence-electron chi connectivity index (χ4n) is 1.91. The molecule has 1 aromatic heterocycles. The van der Waals surface area contributed by atoms with E-state index < -0.39 is 0 Å². The second-order valence-corrected chi connectivity index (χ2v) is 5.51. The van der Waals surface area contributed by atoms with Crippen LogP contribution in [0.3, 0.4) is 0 Å². The van der Waals surface area contributed by atoms with E-state index in [1.54, 1.807) is 18.2 Å². The van der Waals surface area contributed by atoms with Crippen molar-refractivity contribution in [1.82, 2.24) is 0 Å². The summed E-state index contributed by atoms with van der Waals surface area (Å²) in [5.41, 5.74) is 0.885. The Balaban J connectivity index is 2.05. The minimum atomic E-state index is -0.371. The third-order valence-corrected chi connectivity index (χ3v) is 4.12. The van der Waals surface area contributed by atoms with Gasteiger partial charge in [0.1, 0.15) is 11.4 Å². The van der Waals surface area contributed by atoms with Gasteiger partial charge in [-0.3, -0.25) is 4.79 Å². The summed E-state index contributed by atoms with van der Waals surface area (Å²) in [7, 11) is 0. The highest BCUT2D eigenvalue weighted by Gasteiger charge is 2.16. The zero-order chi connectivity index (χ0) is 14.3. The van der Waals surface area contributed by atoms with Crippen molar-refractivity contribution in [3.63, 3.8) is 0 Å². The van der Waals surface area contributed by atoms with E-state index in [0.29, 0.717) is 26.0 Å². The molecule has 0 saturated carbocycles. The summed E-state index contributed by atoms with van der Waals surface area (Å²) in [4.78, 5) is 12.3. The van der Waals surface area contributed by atoms with Crippen LogP contribution >= 0.6 is 27.5 Å². The molecule has 0 aliphatic heterocycles. The molecular formula is C15H7BrClFO2. The van der Waals surface area contributed by atoms with Crippen molar-refractivity contribution in [3.05, 3.63) is 69.1 Å². The van der Waals surface area contributed by atoms with Gasteiger partial charge >= 0.3 is 0 Å². The van der Waals surface area contributed by atoms with Crippen molar-refractivity contribution in [3.8, 4) is 0 Å². The van der Waals surface area contributed by atoms with Crippen molar-refractivity contribution in [2.45, 2.75) is 0 Å². The zero-order valence-corrected chi connectivity index (χ0v) is 12.3. The molecule has 0 unspecified atom stereocenters. The Labute approximate surface area is 127 Å². The quantitative estimate of drug-likeness (QED) is 0.591. The Morgan fingerprint density at radius 2 is 1.95 bits per heavy atom. The molecule has 0 atom stereocenters. The molecule has 0 bridgehead atoms. The zero-order valence-electron chi connectivity index (χ0n) is 9.99. The van der Waals surface area contributed by atoms with Gasteiger partial charge in [-0.2, -0.15) is 0 Å². The van der Waals surface area contributed by atoms with Crippen LogP contribution in [0.4, 0.5) is 4.39 Å². The van der Waals surface area contributed by atoms with Gasteiger partial charge in [-0.1, -0.05) is 11.6 Å². The molecule has 0 aliphatic carbocycles. The molecule has 5 heteroatoms. The van der Waals surface area contributed by atoms with Crippen molar-refractivity contribution in [2.75, 3.05) is 0 Å². The van der Waals surface area contributed by atoms with E-state index >= 15 is 0 Å². The van der Waals surface area contributed by atoms with E-state index in [1.807, 2.05) is 0 Å². The molecule has 0 saturated heterocycles. The van der Waals surface area contributed by atoms with E-state index in [9.17, 15) is 9.18 Å². The predicted molar refractivity (Wildman–Crippen MR) is 78.8 cm³/mol. The largest absolute Gasteiger partial charge is 0.453 e. The maximum Gasteiger partial charge on any atom is 0.228 e. The van der Waals surface area contributed by atoms with Crippen LogP contribution in [0.2, 0.25) is 5.02 Å². The second kappa shape index (κ2) is 5.04. The first-order valence-electron chi connectivity index (χ1n) is 5.73. The Kier molecular flexibility index (Phi) is 3.36. The minimum Gasteiger partial charge on any atom is -0.453 e. The number of carbonyl (C=O) groups is 1. The van der Waals surface area contributed by atoms with E-state index in [1.165, 1.54) is 24.3 Å². The van der Waals surface area contributed by atoms with Gasteiger partial charge in [0.15, 0.2) is 5.76 Å². The first kappa shape index (κ1) is 13.3. The van der Waals surface area contributed by atoms with Crippen LogP contribution in [0.25, 0.3) is 11.0 Å². The van der Waals surface area contributed by atoms with Crippen LogP contribution in [-0.2, 0) is 0 Å². The van der Waals surface area contributed by atoms with Gasteiger partial charge in [0.2, 0.25) is 5.78 Å². The molecule has 0 N–H and O–H groups in total. The van der Waals surface area contributed by atoms with Crippen LogP contribution in [-0.4, -0.2) is 5.78 Å². The summed E-state index contributed by atoms with van der Waals surface area (Å²) < 4.78 is 19.3. The molecule has 0 aliphatic rings. The predicted octanol–water partition coefficient (Wildman–Crippen LogP) is 5.22. The first-order valence-corrected chi connectivity index (χ1v) is 6.90. The number of carbonyl (C=O) groups excluding carboxylic acids is 1. The number of rotatable bonds is 2. The van der Waals surface area contributed by atoms with Crippen LogP contribution in [0.15, 0.2) is 51.4 Å².